The summed E-state index contributed by atoms with van der Waals surface area (Å²) in [5.41, 5.74) is 5.51. The Morgan fingerprint density at radius 2 is 2.57 bits per heavy atom. The van der Waals surface area contributed by atoms with Crippen LogP contribution in [0, 0.1) is 0 Å². The summed E-state index contributed by atoms with van der Waals surface area (Å²) in [6.45, 7) is 2.98. The highest BCUT2D eigenvalue weighted by molar-refractivity contribution is 7.11. The first-order valence-electron chi connectivity index (χ1n) is 5.25. The highest BCUT2D eigenvalue weighted by Crippen LogP contribution is 2.27. The van der Waals surface area contributed by atoms with Gasteiger partial charge in [-0.15, -0.1) is 11.3 Å². The molecule has 1 unspecified atom stereocenters. The van der Waals surface area contributed by atoms with E-state index in [1.54, 1.807) is 0 Å². The van der Waals surface area contributed by atoms with Crippen molar-refractivity contribution in [3.05, 3.63) is 16.1 Å². The molecule has 2 rings (SSSR count). The maximum atomic E-state index is 5.51. The first-order chi connectivity index (χ1) is 6.90. The minimum atomic E-state index is 0.639. The minimum absolute atomic E-state index is 0.639. The molecule has 0 spiro atoms. The summed E-state index contributed by atoms with van der Waals surface area (Å²) in [6.07, 6.45) is 5.51. The fraction of sp³-hybridized carbons (Fsp3) is 0.700. The Balaban J connectivity index is 2.00. The number of hydrogen-bond acceptors (Lipinski definition) is 4. The van der Waals surface area contributed by atoms with Crippen molar-refractivity contribution in [3.8, 4) is 0 Å². The molecule has 1 atom stereocenters. The van der Waals surface area contributed by atoms with Gasteiger partial charge in [-0.3, -0.25) is 0 Å². The maximum absolute atomic E-state index is 5.51. The molecule has 2 heterocycles. The Labute approximate surface area is 88.7 Å². The zero-order valence-electron chi connectivity index (χ0n) is 8.33. The van der Waals surface area contributed by atoms with Gasteiger partial charge in [0.15, 0.2) is 0 Å². The number of aromatic nitrogens is 1. The van der Waals surface area contributed by atoms with Crippen LogP contribution < -0.4 is 11.1 Å². The molecular weight excluding hydrogens is 194 g/mol. The average molecular weight is 211 g/mol. The molecule has 1 aromatic rings. The number of piperidine rings is 1. The quantitative estimate of drug-likeness (QED) is 0.787. The van der Waals surface area contributed by atoms with E-state index < -0.39 is 0 Å². The zero-order valence-corrected chi connectivity index (χ0v) is 9.15. The molecule has 0 bridgehead atoms. The third-order valence-corrected chi connectivity index (χ3v) is 3.83. The Bertz CT molecular complexity index is 279. The minimum Gasteiger partial charge on any atom is -0.330 e. The van der Waals surface area contributed by atoms with Gasteiger partial charge in [-0.25, -0.2) is 4.98 Å². The van der Waals surface area contributed by atoms with E-state index in [-0.39, 0.29) is 0 Å². The van der Waals surface area contributed by atoms with Crippen molar-refractivity contribution in [3.63, 3.8) is 0 Å². The van der Waals surface area contributed by atoms with Crippen LogP contribution in [0.4, 0.5) is 0 Å². The lowest BCUT2D eigenvalue weighted by Crippen LogP contribution is -2.28. The molecule has 0 aliphatic carbocycles. The van der Waals surface area contributed by atoms with Crippen molar-refractivity contribution in [2.45, 2.75) is 25.2 Å². The molecule has 1 fully saturated rings. The molecule has 78 valence electrons. The summed E-state index contributed by atoms with van der Waals surface area (Å²) >= 11 is 1.83. The largest absolute Gasteiger partial charge is 0.330 e. The van der Waals surface area contributed by atoms with Crippen molar-refractivity contribution in [1.82, 2.24) is 10.3 Å². The average Bonchev–Trinajstić information content (AvgIpc) is 2.68. The van der Waals surface area contributed by atoms with Crippen LogP contribution in [0.1, 0.15) is 28.6 Å². The summed E-state index contributed by atoms with van der Waals surface area (Å²) < 4.78 is 0. The van der Waals surface area contributed by atoms with E-state index in [2.05, 4.69) is 10.3 Å². The smallest absolute Gasteiger partial charge is 0.0971 e. The Hall–Kier alpha value is -0.450. The van der Waals surface area contributed by atoms with Crippen molar-refractivity contribution in [2.24, 2.45) is 5.73 Å². The van der Waals surface area contributed by atoms with Gasteiger partial charge >= 0.3 is 0 Å². The summed E-state index contributed by atoms with van der Waals surface area (Å²) in [5, 5.41) is 4.71. The van der Waals surface area contributed by atoms with Crippen molar-refractivity contribution in [2.75, 3.05) is 19.6 Å². The first-order valence-corrected chi connectivity index (χ1v) is 6.07. The van der Waals surface area contributed by atoms with Crippen molar-refractivity contribution in [1.29, 1.82) is 0 Å². The topological polar surface area (TPSA) is 50.9 Å². The summed E-state index contributed by atoms with van der Waals surface area (Å²) in [5.74, 6) is 0.639. The molecule has 1 aromatic heterocycles. The van der Waals surface area contributed by atoms with Crippen LogP contribution in [-0.2, 0) is 6.42 Å². The number of hydrogen-bond donors (Lipinski definition) is 2. The monoisotopic (exact) mass is 211 g/mol. The molecule has 1 aliphatic heterocycles. The van der Waals surface area contributed by atoms with Gasteiger partial charge in [0.05, 0.1) is 5.01 Å². The van der Waals surface area contributed by atoms with Gasteiger partial charge in [0.2, 0.25) is 0 Å². The van der Waals surface area contributed by atoms with Crippen LogP contribution in [0.15, 0.2) is 6.20 Å². The second-order valence-corrected chi connectivity index (χ2v) is 4.89. The predicted octanol–water partition coefficient (Wildman–Crippen LogP) is 1.11. The molecule has 1 saturated heterocycles. The van der Waals surface area contributed by atoms with Crippen molar-refractivity contribution < 1.29 is 0 Å². The predicted molar refractivity (Wildman–Crippen MR) is 59.7 cm³/mol. The number of nitrogens with one attached hydrogen (secondary N) is 1. The van der Waals surface area contributed by atoms with Gasteiger partial charge in [0.25, 0.3) is 0 Å². The van der Waals surface area contributed by atoms with E-state index in [4.69, 9.17) is 5.73 Å². The molecule has 0 saturated carbocycles. The number of nitrogens with zero attached hydrogens (tertiary/aromatic N) is 1. The van der Waals surface area contributed by atoms with Crippen LogP contribution in [0.25, 0.3) is 0 Å². The SMILES string of the molecule is NCCc1cnc(C2CCCNC2)s1. The highest BCUT2D eigenvalue weighted by Gasteiger charge is 2.17. The number of rotatable bonds is 3. The van der Waals surface area contributed by atoms with Gasteiger partial charge in [-0.2, -0.15) is 0 Å². The Kier molecular flexibility index (Phi) is 3.50. The molecule has 14 heavy (non-hydrogen) atoms. The third kappa shape index (κ3) is 2.32. The standard InChI is InChI=1S/C10H17N3S/c11-4-3-9-7-13-10(14-9)8-2-1-5-12-6-8/h7-8,12H,1-6,11H2. The highest BCUT2D eigenvalue weighted by atomic mass is 32.1. The zero-order chi connectivity index (χ0) is 9.80. The van der Waals surface area contributed by atoms with E-state index in [1.165, 1.54) is 22.7 Å². The normalized spacial score (nSPS) is 22.5. The summed E-state index contributed by atoms with van der Waals surface area (Å²) in [4.78, 5) is 5.81. The van der Waals surface area contributed by atoms with E-state index >= 15 is 0 Å². The lowest BCUT2D eigenvalue weighted by Gasteiger charge is -2.20. The molecule has 1 aliphatic rings. The van der Waals surface area contributed by atoms with E-state index in [1.807, 2.05) is 17.5 Å². The second-order valence-electron chi connectivity index (χ2n) is 3.75. The van der Waals surface area contributed by atoms with Gasteiger partial charge in [-0.1, -0.05) is 0 Å². The van der Waals surface area contributed by atoms with Crippen LogP contribution >= 0.6 is 11.3 Å². The fourth-order valence-corrected chi connectivity index (χ4v) is 2.90. The van der Waals surface area contributed by atoms with E-state index in [0.29, 0.717) is 5.92 Å². The molecule has 0 amide bonds. The van der Waals surface area contributed by atoms with Gasteiger partial charge in [-0.05, 0) is 32.4 Å². The third-order valence-electron chi connectivity index (χ3n) is 2.61. The van der Waals surface area contributed by atoms with Crippen LogP contribution in [-0.4, -0.2) is 24.6 Å². The lowest BCUT2D eigenvalue weighted by molar-refractivity contribution is 0.460. The lowest BCUT2D eigenvalue weighted by atomic mass is 10.0. The Morgan fingerprint density at radius 1 is 1.64 bits per heavy atom. The van der Waals surface area contributed by atoms with Gasteiger partial charge < -0.3 is 11.1 Å². The van der Waals surface area contributed by atoms with Crippen LogP contribution in [0.2, 0.25) is 0 Å². The second kappa shape index (κ2) is 4.87. The van der Waals surface area contributed by atoms with Crippen LogP contribution in [0.5, 0.6) is 0 Å². The summed E-state index contributed by atoms with van der Waals surface area (Å²) in [6, 6.07) is 0. The first kappa shape index (κ1) is 10.1. The fourth-order valence-electron chi connectivity index (χ4n) is 1.83. The van der Waals surface area contributed by atoms with Gasteiger partial charge in [0.1, 0.15) is 0 Å². The molecular formula is C10H17N3S. The number of thiazole rings is 1. The molecule has 0 aromatic carbocycles. The molecule has 0 radical (unpaired) electrons. The molecule has 3 nitrogen and oxygen atoms in total. The Morgan fingerprint density at radius 3 is 3.29 bits per heavy atom. The van der Waals surface area contributed by atoms with E-state index in [0.717, 1.165) is 26.1 Å². The number of nitrogens with two attached hydrogens (primary N) is 1. The maximum Gasteiger partial charge on any atom is 0.0971 e. The van der Waals surface area contributed by atoms with Crippen LogP contribution in [0.3, 0.4) is 0 Å². The molecule has 4 heteroatoms. The molecule has 3 N–H and O–H groups in total. The van der Waals surface area contributed by atoms with Gasteiger partial charge in [0, 0.05) is 23.5 Å². The summed E-state index contributed by atoms with van der Waals surface area (Å²) in [7, 11) is 0. The van der Waals surface area contributed by atoms with E-state index in [9.17, 15) is 0 Å². The van der Waals surface area contributed by atoms with Crippen molar-refractivity contribution >= 4 is 11.3 Å².